The van der Waals surface area contributed by atoms with Crippen LogP contribution in [0.5, 0.6) is 0 Å². The molecular formula is C24H44Cl6. The topological polar surface area (TPSA) is 0 Å². The van der Waals surface area contributed by atoms with Crippen LogP contribution in [0.1, 0.15) is 117 Å². The van der Waals surface area contributed by atoms with Crippen molar-refractivity contribution >= 4 is 69.6 Å². The van der Waals surface area contributed by atoms with Gasteiger partial charge in [0.1, 0.15) is 0 Å². The second kappa shape index (κ2) is 21.3. The van der Waals surface area contributed by atoms with Crippen LogP contribution in [0.25, 0.3) is 0 Å². The normalized spacial score (nSPS) is 18.0. The summed E-state index contributed by atoms with van der Waals surface area (Å²) in [5.41, 5.74) is 0. The van der Waals surface area contributed by atoms with Gasteiger partial charge in [-0.05, 0) is 77.0 Å². The minimum Gasteiger partial charge on any atom is -0.123 e. The molecule has 0 N–H and O–H groups in total. The average molecular weight is 545 g/mol. The van der Waals surface area contributed by atoms with Crippen LogP contribution in [-0.2, 0) is 0 Å². The van der Waals surface area contributed by atoms with Crippen molar-refractivity contribution in [1.29, 1.82) is 0 Å². The molecule has 0 rings (SSSR count). The molecule has 0 amide bonds. The Labute approximate surface area is 217 Å². The maximum Gasteiger partial charge on any atom is 0.0337 e. The van der Waals surface area contributed by atoms with Crippen LogP contribution in [0.3, 0.4) is 0 Å². The molecule has 0 heterocycles. The Hall–Kier alpha value is 1.74. The minimum absolute atomic E-state index is 0.152. The maximum atomic E-state index is 6.50. The third-order valence-corrected chi connectivity index (χ3v) is 8.27. The summed E-state index contributed by atoms with van der Waals surface area (Å²) in [5.74, 6) is 0. The smallest absolute Gasteiger partial charge is 0.0337 e. The first-order chi connectivity index (χ1) is 14.3. The molecule has 0 saturated heterocycles. The molecule has 0 aromatic heterocycles. The fourth-order valence-electron chi connectivity index (χ4n) is 3.70. The van der Waals surface area contributed by atoms with Crippen LogP contribution >= 0.6 is 69.6 Å². The van der Waals surface area contributed by atoms with Gasteiger partial charge in [-0.15, -0.1) is 69.6 Å². The van der Waals surface area contributed by atoms with Crippen LogP contribution in [0.15, 0.2) is 0 Å². The number of hydrogen-bond acceptors (Lipinski definition) is 0. The van der Waals surface area contributed by atoms with Gasteiger partial charge in [0.2, 0.25) is 0 Å². The van der Waals surface area contributed by atoms with Crippen LogP contribution in [0, 0.1) is 0 Å². The standard InChI is InChI=1S/C24H44Cl6/c1-3-7-19(25)9-5-11-21(27)13-15-23(29)17-18-24(30)16-14-22(28)12-6-10-20(26)8-4-2/h19-24H,3-18H2,1-2H3. The van der Waals surface area contributed by atoms with Gasteiger partial charge < -0.3 is 0 Å². The molecule has 0 radical (unpaired) electrons. The average Bonchev–Trinajstić information content (AvgIpc) is 2.69. The third kappa shape index (κ3) is 20.4. The van der Waals surface area contributed by atoms with Gasteiger partial charge in [0.15, 0.2) is 0 Å². The second-order valence-corrected chi connectivity index (χ2v) is 12.5. The fraction of sp³-hybridized carbons (Fsp3) is 1.00. The SMILES string of the molecule is CCCC(Cl)CCCC(Cl)CCC(Cl)CCC(Cl)CCC(Cl)CCCC(Cl)CCC. The fourth-order valence-corrected chi connectivity index (χ4v) is 5.51. The molecule has 6 unspecified atom stereocenters. The van der Waals surface area contributed by atoms with E-state index in [9.17, 15) is 0 Å². The molecule has 0 bridgehead atoms. The number of halogens is 6. The van der Waals surface area contributed by atoms with Gasteiger partial charge in [-0.3, -0.25) is 0 Å². The highest BCUT2D eigenvalue weighted by atomic mass is 35.5. The first kappa shape index (κ1) is 31.7. The summed E-state index contributed by atoms with van der Waals surface area (Å²) in [6.07, 6.45) is 16.6. The van der Waals surface area contributed by atoms with Crippen LogP contribution < -0.4 is 0 Å². The zero-order chi connectivity index (χ0) is 22.8. The summed E-state index contributed by atoms with van der Waals surface area (Å²) in [7, 11) is 0. The molecule has 6 atom stereocenters. The molecule has 6 heteroatoms. The molecule has 30 heavy (non-hydrogen) atoms. The highest BCUT2D eigenvalue weighted by Crippen LogP contribution is 2.25. The lowest BCUT2D eigenvalue weighted by Gasteiger charge is -2.16. The van der Waals surface area contributed by atoms with Crippen molar-refractivity contribution in [3.05, 3.63) is 0 Å². The third-order valence-electron chi connectivity index (χ3n) is 5.65. The van der Waals surface area contributed by atoms with Gasteiger partial charge in [-0.25, -0.2) is 0 Å². The first-order valence-electron chi connectivity index (χ1n) is 12.1. The quantitative estimate of drug-likeness (QED) is 0.126. The molecule has 0 fully saturated rings. The van der Waals surface area contributed by atoms with E-state index < -0.39 is 0 Å². The molecule has 0 aromatic rings. The Morgan fingerprint density at radius 2 is 0.533 bits per heavy atom. The van der Waals surface area contributed by atoms with Crippen LogP contribution in [0.2, 0.25) is 0 Å². The summed E-state index contributed by atoms with van der Waals surface area (Å²) in [6.45, 7) is 4.34. The van der Waals surface area contributed by atoms with E-state index in [1.54, 1.807) is 0 Å². The first-order valence-corrected chi connectivity index (χ1v) is 14.7. The Morgan fingerprint density at radius 3 is 0.767 bits per heavy atom. The van der Waals surface area contributed by atoms with Crippen LogP contribution in [0.4, 0.5) is 0 Å². The molecule has 0 nitrogen and oxygen atoms in total. The Kier molecular flexibility index (Phi) is 22.5. The minimum atomic E-state index is 0.152. The molecule has 0 aliphatic heterocycles. The van der Waals surface area contributed by atoms with Crippen molar-refractivity contribution in [2.75, 3.05) is 0 Å². The van der Waals surface area contributed by atoms with E-state index in [0.29, 0.717) is 10.8 Å². The predicted octanol–water partition coefficient (Wildman–Crippen LogP) is 10.9. The van der Waals surface area contributed by atoms with Crippen molar-refractivity contribution in [3.8, 4) is 0 Å². The largest absolute Gasteiger partial charge is 0.123 e. The molecule has 0 aliphatic rings. The second-order valence-electron chi connectivity index (χ2n) is 8.75. The lowest BCUT2D eigenvalue weighted by atomic mass is 10.0. The maximum absolute atomic E-state index is 6.50. The number of rotatable bonds is 21. The molecule has 0 aromatic carbocycles. The van der Waals surface area contributed by atoms with E-state index in [2.05, 4.69) is 13.8 Å². The highest BCUT2D eigenvalue weighted by molar-refractivity contribution is 6.22. The highest BCUT2D eigenvalue weighted by Gasteiger charge is 2.15. The molecular weight excluding hydrogens is 501 g/mol. The van der Waals surface area contributed by atoms with E-state index in [1.165, 1.54) is 0 Å². The van der Waals surface area contributed by atoms with Gasteiger partial charge in [-0.2, -0.15) is 0 Å². The van der Waals surface area contributed by atoms with Crippen molar-refractivity contribution < 1.29 is 0 Å². The Balaban J connectivity index is 3.71. The summed E-state index contributed by atoms with van der Waals surface area (Å²) in [6, 6.07) is 0. The Bertz CT molecular complexity index is 334. The van der Waals surface area contributed by atoms with Gasteiger partial charge in [0.25, 0.3) is 0 Å². The Morgan fingerprint density at radius 1 is 0.333 bits per heavy atom. The molecule has 0 spiro atoms. The monoisotopic (exact) mass is 542 g/mol. The summed E-state index contributed by atoms with van der Waals surface area (Å²) < 4.78 is 0. The number of hydrogen-bond donors (Lipinski definition) is 0. The van der Waals surface area contributed by atoms with Crippen molar-refractivity contribution in [3.63, 3.8) is 0 Å². The van der Waals surface area contributed by atoms with Crippen molar-refractivity contribution in [1.82, 2.24) is 0 Å². The van der Waals surface area contributed by atoms with Gasteiger partial charge in [0.05, 0.1) is 0 Å². The summed E-state index contributed by atoms with van der Waals surface area (Å²) >= 11 is 38.5. The summed E-state index contributed by atoms with van der Waals surface area (Å²) in [4.78, 5) is 0. The lowest BCUT2D eigenvalue weighted by molar-refractivity contribution is 0.532. The zero-order valence-electron chi connectivity index (χ0n) is 19.0. The van der Waals surface area contributed by atoms with E-state index >= 15 is 0 Å². The van der Waals surface area contributed by atoms with Gasteiger partial charge in [0, 0.05) is 32.3 Å². The van der Waals surface area contributed by atoms with Crippen LogP contribution in [-0.4, -0.2) is 32.3 Å². The summed E-state index contributed by atoms with van der Waals surface area (Å²) in [5, 5.41) is 1.30. The van der Waals surface area contributed by atoms with E-state index in [4.69, 9.17) is 69.6 Å². The predicted molar refractivity (Wildman–Crippen MR) is 143 cm³/mol. The van der Waals surface area contributed by atoms with Gasteiger partial charge in [-0.1, -0.05) is 39.5 Å². The molecule has 0 saturated carbocycles. The van der Waals surface area contributed by atoms with E-state index in [1.807, 2.05) is 0 Å². The van der Waals surface area contributed by atoms with Crippen molar-refractivity contribution in [2.24, 2.45) is 0 Å². The van der Waals surface area contributed by atoms with Crippen molar-refractivity contribution in [2.45, 2.75) is 149 Å². The van der Waals surface area contributed by atoms with E-state index in [0.717, 1.165) is 103 Å². The molecule has 0 aliphatic carbocycles. The zero-order valence-corrected chi connectivity index (χ0v) is 23.6. The van der Waals surface area contributed by atoms with Gasteiger partial charge >= 0.3 is 0 Å². The number of alkyl halides is 6. The molecule has 182 valence electrons. The lowest BCUT2D eigenvalue weighted by Crippen LogP contribution is -2.10. The van der Waals surface area contributed by atoms with E-state index in [-0.39, 0.29) is 21.5 Å².